The number of pyridine rings is 1. The Hall–Kier alpha value is -2.56. The van der Waals surface area contributed by atoms with Crippen molar-refractivity contribution in [3.63, 3.8) is 0 Å². The number of nitrogen functional groups attached to an aromatic ring is 1. The minimum atomic E-state index is -0.264. The molecule has 3 N–H and O–H groups in total. The van der Waals surface area contributed by atoms with Crippen molar-refractivity contribution in [2.45, 2.75) is 0 Å². The number of anilines is 2. The number of benzene rings is 1. The number of carbonyl (C=O) groups excluding carboxylic acids is 1. The fourth-order valence-electron chi connectivity index (χ4n) is 1.49. The molecule has 2 aromatic rings. The van der Waals surface area contributed by atoms with Crippen molar-refractivity contribution < 1.29 is 9.53 Å². The average molecular weight is 243 g/mol. The first-order valence-corrected chi connectivity index (χ1v) is 5.35. The molecule has 0 bridgehead atoms. The molecule has 1 heterocycles. The van der Waals surface area contributed by atoms with Gasteiger partial charge in [0.2, 0.25) is 0 Å². The van der Waals surface area contributed by atoms with Gasteiger partial charge in [-0.2, -0.15) is 0 Å². The largest absolute Gasteiger partial charge is 0.497 e. The van der Waals surface area contributed by atoms with E-state index in [2.05, 4.69) is 10.3 Å². The Morgan fingerprint density at radius 1 is 1.28 bits per heavy atom. The van der Waals surface area contributed by atoms with E-state index in [0.29, 0.717) is 16.9 Å². The zero-order chi connectivity index (χ0) is 13.0. The van der Waals surface area contributed by atoms with Gasteiger partial charge >= 0.3 is 0 Å². The Morgan fingerprint density at radius 2 is 2.00 bits per heavy atom. The average Bonchev–Trinajstić information content (AvgIpc) is 2.40. The molecule has 0 aliphatic rings. The highest BCUT2D eigenvalue weighted by atomic mass is 16.5. The Balaban J connectivity index is 2.14. The molecule has 0 saturated carbocycles. The molecular weight excluding hydrogens is 230 g/mol. The van der Waals surface area contributed by atoms with Gasteiger partial charge in [0.15, 0.2) is 0 Å². The van der Waals surface area contributed by atoms with Gasteiger partial charge in [-0.15, -0.1) is 0 Å². The summed E-state index contributed by atoms with van der Waals surface area (Å²) in [6.07, 6.45) is 2.97. The first-order valence-electron chi connectivity index (χ1n) is 5.35. The van der Waals surface area contributed by atoms with Gasteiger partial charge in [-0.1, -0.05) is 0 Å². The summed E-state index contributed by atoms with van der Waals surface area (Å²) < 4.78 is 5.04. The highest BCUT2D eigenvalue weighted by Crippen LogP contribution is 2.17. The predicted octanol–water partition coefficient (Wildman–Crippen LogP) is 1.92. The standard InChI is InChI=1S/C13H13N3O2/c1-18-10-4-2-9(3-5-10)16-13(17)11-6-7-15-8-12(11)14/h2-8H,14H2,1H3,(H,16,17). The number of hydrogen-bond acceptors (Lipinski definition) is 4. The van der Waals surface area contributed by atoms with Crippen LogP contribution in [0.1, 0.15) is 10.4 Å². The third-order valence-corrected chi connectivity index (χ3v) is 2.44. The normalized spacial score (nSPS) is 9.83. The number of amides is 1. The Morgan fingerprint density at radius 3 is 2.61 bits per heavy atom. The summed E-state index contributed by atoms with van der Waals surface area (Å²) in [7, 11) is 1.59. The van der Waals surface area contributed by atoms with Crippen LogP contribution in [-0.4, -0.2) is 18.0 Å². The topological polar surface area (TPSA) is 77.2 Å². The molecule has 92 valence electrons. The van der Waals surface area contributed by atoms with Crippen molar-refractivity contribution in [3.8, 4) is 5.75 Å². The van der Waals surface area contributed by atoms with E-state index in [-0.39, 0.29) is 5.91 Å². The molecule has 0 fully saturated rings. The van der Waals surface area contributed by atoms with Gasteiger partial charge < -0.3 is 15.8 Å². The zero-order valence-corrected chi connectivity index (χ0v) is 9.88. The van der Waals surface area contributed by atoms with E-state index >= 15 is 0 Å². The van der Waals surface area contributed by atoms with Crippen LogP contribution in [-0.2, 0) is 0 Å². The number of carbonyl (C=O) groups is 1. The summed E-state index contributed by atoms with van der Waals surface area (Å²) in [4.78, 5) is 15.8. The molecule has 5 heteroatoms. The summed E-state index contributed by atoms with van der Waals surface area (Å²) in [6.45, 7) is 0. The molecule has 0 aliphatic heterocycles. The smallest absolute Gasteiger partial charge is 0.257 e. The number of methoxy groups -OCH3 is 1. The molecule has 0 saturated heterocycles. The van der Waals surface area contributed by atoms with Crippen LogP contribution in [0.25, 0.3) is 0 Å². The second-order valence-electron chi connectivity index (χ2n) is 3.65. The first kappa shape index (κ1) is 11.9. The van der Waals surface area contributed by atoms with Gasteiger partial charge in [0.1, 0.15) is 5.75 Å². The molecule has 18 heavy (non-hydrogen) atoms. The van der Waals surface area contributed by atoms with Crippen LogP contribution < -0.4 is 15.8 Å². The Kier molecular flexibility index (Phi) is 3.43. The highest BCUT2D eigenvalue weighted by Gasteiger charge is 2.09. The molecular formula is C13H13N3O2. The van der Waals surface area contributed by atoms with Crippen LogP contribution in [0.15, 0.2) is 42.7 Å². The van der Waals surface area contributed by atoms with E-state index in [1.807, 2.05) is 0 Å². The van der Waals surface area contributed by atoms with Crippen LogP contribution >= 0.6 is 0 Å². The van der Waals surface area contributed by atoms with Crippen LogP contribution in [0.3, 0.4) is 0 Å². The number of rotatable bonds is 3. The van der Waals surface area contributed by atoms with Crippen molar-refractivity contribution in [1.82, 2.24) is 4.98 Å². The van der Waals surface area contributed by atoms with Crippen LogP contribution in [0.5, 0.6) is 5.75 Å². The second-order valence-corrected chi connectivity index (χ2v) is 3.65. The molecule has 1 amide bonds. The van der Waals surface area contributed by atoms with Crippen LogP contribution in [0.4, 0.5) is 11.4 Å². The van der Waals surface area contributed by atoms with Crippen molar-refractivity contribution in [3.05, 3.63) is 48.3 Å². The predicted molar refractivity (Wildman–Crippen MR) is 69.6 cm³/mol. The summed E-state index contributed by atoms with van der Waals surface area (Å²) in [5.41, 5.74) is 7.11. The van der Waals surface area contributed by atoms with Crippen molar-refractivity contribution >= 4 is 17.3 Å². The molecule has 0 radical (unpaired) electrons. The van der Waals surface area contributed by atoms with Gasteiger partial charge in [-0.3, -0.25) is 9.78 Å². The molecule has 0 unspecified atom stereocenters. The number of aromatic nitrogens is 1. The van der Waals surface area contributed by atoms with E-state index < -0.39 is 0 Å². The van der Waals surface area contributed by atoms with Gasteiger partial charge in [0.25, 0.3) is 5.91 Å². The maximum absolute atomic E-state index is 11.9. The van der Waals surface area contributed by atoms with E-state index in [0.717, 1.165) is 5.75 Å². The van der Waals surface area contributed by atoms with E-state index in [1.54, 1.807) is 37.4 Å². The summed E-state index contributed by atoms with van der Waals surface area (Å²) in [5, 5.41) is 2.75. The Bertz CT molecular complexity index is 552. The van der Waals surface area contributed by atoms with Gasteiger partial charge in [0, 0.05) is 11.9 Å². The molecule has 1 aromatic carbocycles. The SMILES string of the molecule is COc1ccc(NC(=O)c2ccncc2N)cc1. The fourth-order valence-corrected chi connectivity index (χ4v) is 1.49. The summed E-state index contributed by atoms with van der Waals surface area (Å²) in [5.74, 6) is 0.469. The molecule has 5 nitrogen and oxygen atoms in total. The maximum atomic E-state index is 11.9. The van der Waals surface area contributed by atoms with E-state index in [1.165, 1.54) is 12.4 Å². The van der Waals surface area contributed by atoms with Crippen LogP contribution in [0.2, 0.25) is 0 Å². The monoisotopic (exact) mass is 243 g/mol. The molecule has 0 atom stereocenters. The lowest BCUT2D eigenvalue weighted by Crippen LogP contribution is -2.14. The third-order valence-electron chi connectivity index (χ3n) is 2.44. The van der Waals surface area contributed by atoms with Crippen molar-refractivity contribution in [2.24, 2.45) is 0 Å². The lowest BCUT2D eigenvalue weighted by atomic mass is 10.2. The third kappa shape index (κ3) is 2.57. The van der Waals surface area contributed by atoms with E-state index in [9.17, 15) is 4.79 Å². The van der Waals surface area contributed by atoms with Gasteiger partial charge in [-0.05, 0) is 30.3 Å². The quantitative estimate of drug-likeness (QED) is 0.863. The lowest BCUT2D eigenvalue weighted by molar-refractivity contribution is 0.102. The minimum absolute atomic E-state index is 0.264. The number of nitrogens with one attached hydrogen (secondary N) is 1. The molecule has 1 aromatic heterocycles. The number of ether oxygens (including phenoxy) is 1. The second kappa shape index (κ2) is 5.18. The molecule has 0 aliphatic carbocycles. The lowest BCUT2D eigenvalue weighted by Gasteiger charge is -2.07. The molecule has 0 spiro atoms. The number of nitrogens with two attached hydrogens (primary N) is 1. The van der Waals surface area contributed by atoms with Crippen molar-refractivity contribution in [1.29, 1.82) is 0 Å². The summed E-state index contributed by atoms with van der Waals surface area (Å²) >= 11 is 0. The minimum Gasteiger partial charge on any atom is -0.497 e. The number of nitrogens with zero attached hydrogens (tertiary/aromatic N) is 1. The highest BCUT2D eigenvalue weighted by molar-refractivity contribution is 6.07. The van der Waals surface area contributed by atoms with E-state index in [4.69, 9.17) is 10.5 Å². The van der Waals surface area contributed by atoms with Gasteiger partial charge in [0.05, 0.1) is 24.6 Å². The van der Waals surface area contributed by atoms with Gasteiger partial charge in [-0.25, -0.2) is 0 Å². The van der Waals surface area contributed by atoms with Crippen molar-refractivity contribution in [2.75, 3.05) is 18.2 Å². The fraction of sp³-hybridized carbons (Fsp3) is 0.0769. The zero-order valence-electron chi connectivity index (χ0n) is 9.88. The Labute approximate surface area is 105 Å². The molecule has 2 rings (SSSR count). The summed E-state index contributed by atoms with van der Waals surface area (Å²) in [6, 6.07) is 8.63. The first-order chi connectivity index (χ1) is 8.70. The van der Waals surface area contributed by atoms with Crippen LogP contribution in [0, 0.1) is 0 Å². The number of hydrogen-bond donors (Lipinski definition) is 2. The maximum Gasteiger partial charge on any atom is 0.257 e.